The number of carbonyl (C=O) groups is 2. The van der Waals surface area contributed by atoms with Gasteiger partial charge in [-0.2, -0.15) is 13.2 Å². The molecule has 0 bridgehead atoms. The number of carbonyl (C=O) groups excluding carboxylic acids is 2. The Labute approximate surface area is 89.6 Å². The molecule has 16 heavy (non-hydrogen) atoms. The minimum atomic E-state index is -5.22. The maximum absolute atomic E-state index is 11.6. The molecule has 8 heteroatoms. The fourth-order valence-corrected chi connectivity index (χ4v) is 0.532. The Bertz CT molecular complexity index is 282. The van der Waals surface area contributed by atoms with Crippen LogP contribution in [-0.4, -0.2) is 24.2 Å². The maximum Gasteiger partial charge on any atom is 0.495 e. The quantitative estimate of drug-likeness (QED) is 0.547. The summed E-state index contributed by atoms with van der Waals surface area (Å²) in [4.78, 5) is 28.2. The highest BCUT2D eigenvalue weighted by atomic mass is 19.4. The van der Waals surface area contributed by atoms with Gasteiger partial charge < -0.3 is 5.73 Å². The minimum Gasteiger partial charge on any atom is -0.318 e. The lowest BCUT2D eigenvalue weighted by molar-refractivity contribution is -0.287. The highest BCUT2D eigenvalue weighted by molar-refractivity contribution is 5.79. The van der Waals surface area contributed by atoms with Crippen molar-refractivity contribution in [2.45, 2.75) is 33.0 Å². The predicted octanol–water partition coefficient (Wildman–Crippen LogP) is 0.923. The Hall–Kier alpha value is -1.31. The van der Waals surface area contributed by atoms with Gasteiger partial charge in [0.05, 0.1) is 0 Å². The Morgan fingerprint density at radius 1 is 1.12 bits per heavy atom. The molecular formula is C8H12F3NO4. The number of nitrogens with two attached hydrogens (primary N) is 1. The first-order valence-electron chi connectivity index (χ1n) is 4.21. The smallest absolute Gasteiger partial charge is 0.318 e. The normalized spacial score (nSPS) is 14.2. The predicted molar refractivity (Wildman–Crippen MR) is 45.7 cm³/mol. The molecule has 0 aromatic heterocycles. The number of rotatable bonds is 1. The van der Waals surface area contributed by atoms with Gasteiger partial charge in [-0.1, -0.05) is 20.8 Å². The second-order valence-corrected chi connectivity index (χ2v) is 4.11. The third-order valence-electron chi connectivity index (χ3n) is 1.62. The van der Waals surface area contributed by atoms with Crippen molar-refractivity contribution in [2.24, 2.45) is 11.1 Å². The average Bonchev–Trinajstić information content (AvgIpc) is 2.09. The van der Waals surface area contributed by atoms with Gasteiger partial charge in [0.1, 0.15) is 6.04 Å². The Balaban J connectivity index is 4.25. The molecule has 0 aliphatic rings. The summed E-state index contributed by atoms with van der Waals surface area (Å²) in [6.45, 7) is 4.72. The number of hydrogen-bond donors (Lipinski definition) is 1. The molecule has 5 nitrogen and oxygen atoms in total. The van der Waals surface area contributed by atoms with Crippen molar-refractivity contribution >= 4 is 11.9 Å². The molecule has 94 valence electrons. The molecule has 0 spiro atoms. The second kappa shape index (κ2) is 4.69. The van der Waals surface area contributed by atoms with E-state index < -0.39 is 29.6 Å². The topological polar surface area (TPSA) is 78.6 Å². The van der Waals surface area contributed by atoms with Gasteiger partial charge in [-0.15, -0.1) is 0 Å². The van der Waals surface area contributed by atoms with Crippen LogP contribution >= 0.6 is 0 Å². The van der Waals surface area contributed by atoms with E-state index in [4.69, 9.17) is 5.73 Å². The Morgan fingerprint density at radius 2 is 1.56 bits per heavy atom. The lowest BCUT2D eigenvalue weighted by Crippen LogP contribution is -2.44. The van der Waals surface area contributed by atoms with Gasteiger partial charge in [-0.05, 0) is 5.41 Å². The van der Waals surface area contributed by atoms with Crippen LogP contribution in [0, 0.1) is 5.41 Å². The van der Waals surface area contributed by atoms with E-state index in [1.807, 2.05) is 0 Å². The van der Waals surface area contributed by atoms with Crippen LogP contribution in [0.4, 0.5) is 13.2 Å². The molecule has 1 atom stereocenters. The molecule has 0 aromatic rings. The van der Waals surface area contributed by atoms with Crippen LogP contribution in [0.15, 0.2) is 0 Å². The van der Waals surface area contributed by atoms with Crippen LogP contribution < -0.4 is 5.73 Å². The van der Waals surface area contributed by atoms with E-state index in [-0.39, 0.29) is 0 Å². The second-order valence-electron chi connectivity index (χ2n) is 4.11. The maximum atomic E-state index is 11.6. The molecule has 0 radical (unpaired) electrons. The molecule has 0 amide bonds. The number of alkyl halides is 3. The lowest BCUT2D eigenvalue weighted by atomic mass is 9.88. The molecule has 2 N–H and O–H groups in total. The SMILES string of the molecule is CC(C)(C)[C@H](N)C(=O)OOC(=O)C(F)(F)F. The van der Waals surface area contributed by atoms with E-state index in [2.05, 4.69) is 9.78 Å². The van der Waals surface area contributed by atoms with Crippen molar-refractivity contribution in [3.63, 3.8) is 0 Å². The van der Waals surface area contributed by atoms with Crippen LogP contribution in [0.5, 0.6) is 0 Å². The molecule has 0 rings (SSSR count). The third kappa shape index (κ3) is 4.47. The summed E-state index contributed by atoms with van der Waals surface area (Å²) in [5, 5.41) is 0. The minimum absolute atomic E-state index is 0.721. The van der Waals surface area contributed by atoms with Crippen LogP contribution in [-0.2, 0) is 19.4 Å². The van der Waals surface area contributed by atoms with E-state index in [0.29, 0.717) is 0 Å². The zero-order valence-electron chi connectivity index (χ0n) is 8.92. The Morgan fingerprint density at radius 3 is 1.88 bits per heavy atom. The van der Waals surface area contributed by atoms with Crippen LogP contribution in [0.25, 0.3) is 0 Å². The van der Waals surface area contributed by atoms with Crippen LogP contribution in [0.1, 0.15) is 20.8 Å². The number of hydrogen-bond acceptors (Lipinski definition) is 5. The summed E-state index contributed by atoms with van der Waals surface area (Å²) in [5.41, 5.74) is 4.62. The van der Waals surface area contributed by atoms with Crippen molar-refractivity contribution in [1.29, 1.82) is 0 Å². The van der Waals surface area contributed by atoms with Crippen molar-refractivity contribution in [2.75, 3.05) is 0 Å². The molecule has 0 aliphatic heterocycles. The summed E-state index contributed by atoms with van der Waals surface area (Å²) in [6.07, 6.45) is -5.22. The standard InChI is InChI=1S/C8H12F3NO4/c1-7(2,3)4(12)5(13)15-16-6(14)8(9,10)11/h4H,12H2,1-3H3/t4-/m1/s1. The van der Waals surface area contributed by atoms with E-state index in [1.54, 1.807) is 20.8 Å². The average molecular weight is 243 g/mol. The first kappa shape index (κ1) is 14.7. The van der Waals surface area contributed by atoms with E-state index in [1.165, 1.54) is 0 Å². The fourth-order valence-electron chi connectivity index (χ4n) is 0.532. The first-order valence-corrected chi connectivity index (χ1v) is 4.21. The van der Waals surface area contributed by atoms with Gasteiger partial charge in [0.2, 0.25) is 0 Å². The highest BCUT2D eigenvalue weighted by Gasteiger charge is 2.43. The monoisotopic (exact) mass is 243 g/mol. The van der Waals surface area contributed by atoms with Gasteiger partial charge in [0.25, 0.3) is 0 Å². The van der Waals surface area contributed by atoms with E-state index >= 15 is 0 Å². The lowest BCUT2D eigenvalue weighted by Gasteiger charge is -2.23. The fraction of sp³-hybridized carbons (Fsp3) is 0.750. The third-order valence-corrected chi connectivity index (χ3v) is 1.62. The van der Waals surface area contributed by atoms with Gasteiger partial charge in [0.15, 0.2) is 0 Å². The molecule has 0 aromatic carbocycles. The van der Waals surface area contributed by atoms with Crippen molar-refractivity contribution < 1.29 is 32.5 Å². The molecule has 0 aliphatic carbocycles. The Kier molecular flexibility index (Phi) is 4.30. The summed E-state index contributed by atoms with van der Waals surface area (Å²) >= 11 is 0. The van der Waals surface area contributed by atoms with Crippen LogP contribution in [0.2, 0.25) is 0 Å². The van der Waals surface area contributed by atoms with E-state index in [9.17, 15) is 22.8 Å². The van der Waals surface area contributed by atoms with Crippen molar-refractivity contribution in [3.05, 3.63) is 0 Å². The van der Waals surface area contributed by atoms with Crippen molar-refractivity contribution in [3.8, 4) is 0 Å². The van der Waals surface area contributed by atoms with E-state index in [0.717, 1.165) is 0 Å². The molecular weight excluding hydrogens is 231 g/mol. The largest absolute Gasteiger partial charge is 0.495 e. The zero-order chi connectivity index (χ0) is 13.1. The van der Waals surface area contributed by atoms with Gasteiger partial charge in [-0.25, -0.2) is 19.4 Å². The van der Waals surface area contributed by atoms with Gasteiger partial charge >= 0.3 is 18.1 Å². The van der Waals surface area contributed by atoms with Gasteiger partial charge in [0, 0.05) is 0 Å². The summed E-state index contributed by atoms with van der Waals surface area (Å²) in [7, 11) is 0. The molecule has 0 unspecified atom stereocenters. The zero-order valence-corrected chi connectivity index (χ0v) is 8.92. The summed E-state index contributed by atoms with van der Waals surface area (Å²) < 4.78 is 34.9. The van der Waals surface area contributed by atoms with Crippen LogP contribution in [0.3, 0.4) is 0 Å². The van der Waals surface area contributed by atoms with Gasteiger partial charge in [-0.3, -0.25) is 0 Å². The molecule has 0 saturated heterocycles. The molecule has 0 heterocycles. The summed E-state index contributed by atoms with van der Waals surface area (Å²) in [6, 6.07) is -1.20. The molecule has 0 fully saturated rings. The number of halogens is 3. The summed E-state index contributed by atoms with van der Waals surface area (Å²) in [5.74, 6) is -3.85. The highest BCUT2D eigenvalue weighted by Crippen LogP contribution is 2.20. The first-order chi connectivity index (χ1) is 6.96. The molecule has 0 saturated carbocycles. The van der Waals surface area contributed by atoms with Crippen molar-refractivity contribution in [1.82, 2.24) is 0 Å².